The van der Waals surface area contributed by atoms with Gasteiger partial charge in [0.2, 0.25) is 5.89 Å². The van der Waals surface area contributed by atoms with Crippen LogP contribution in [0.1, 0.15) is 54.1 Å². The third kappa shape index (κ3) is 5.20. The maximum Gasteiger partial charge on any atom is 0.233 e. The molecule has 0 spiro atoms. The number of alkyl halides is 1. The van der Waals surface area contributed by atoms with Crippen LogP contribution in [0, 0.1) is 22.7 Å². The molecule has 5 nitrogen and oxygen atoms in total. The number of rotatable bonds is 8. The predicted molar refractivity (Wildman–Crippen MR) is 119 cm³/mol. The van der Waals surface area contributed by atoms with Gasteiger partial charge in [0.25, 0.3) is 0 Å². The van der Waals surface area contributed by atoms with E-state index in [-0.39, 0.29) is 17.7 Å². The monoisotopic (exact) mass is 453 g/mol. The Morgan fingerprint density at radius 2 is 1.84 bits per heavy atom. The number of nitriles is 2. The average molecular weight is 454 g/mol. The molecule has 0 atom stereocenters. The minimum atomic E-state index is -0.372. The average Bonchev–Trinajstić information content (AvgIpc) is 3.24. The lowest BCUT2D eigenvalue weighted by Crippen LogP contribution is -2.19. The highest BCUT2D eigenvalue weighted by atomic mass is 35.5. The Kier molecular flexibility index (Phi) is 7.23. The highest BCUT2D eigenvalue weighted by Gasteiger charge is 2.25. The minimum Gasteiger partial charge on any atom is -0.484 e. The van der Waals surface area contributed by atoms with E-state index in [0.29, 0.717) is 34.5 Å². The molecular formula is C24H21Cl2N3O2. The van der Waals surface area contributed by atoms with Crippen molar-refractivity contribution in [1.29, 1.82) is 10.5 Å². The molecule has 0 aliphatic rings. The zero-order valence-electron chi connectivity index (χ0n) is 17.3. The van der Waals surface area contributed by atoms with Crippen molar-refractivity contribution in [3.63, 3.8) is 0 Å². The smallest absolute Gasteiger partial charge is 0.233 e. The van der Waals surface area contributed by atoms with Crippen molar-refractivity contribution >= 4 is 23.2 Å². The first-order valence-electron chi connectivity index (χ1n) is 9.76. The summed E-state index contributed by atoms with van der Waals surface area (Å²) in [7, 11) is 0. The lowest BCUT2D eigenvalue weighted by atomic mass is 9.77. The number of halogens is 2. The second-order valence-corrected chi connectivity index (χ2v) is 8.35. The van der Waals surface area contributed by atoms with Crippen molar-refractivity contribution in [3.8, 4) is 17.9 Å². The van der Waals surface area contributed by atoms with Gasteiger partial charge in [-0.15, -0.1) is 11.6 Å². The Hall–Kier alpha value is -2.99. The molecule has 0 saturated carbocycles. The van der Waals surface area contributed by atoms with E-state index < -0.39 is 0 Å². The number of hydrogen-bond acceptors (Lipinski definition) is 5. The molecule has 0 radical (unpaired) electrons. The Morgan fingerprint density at radius 1 is 1.10 bits per heavy atom. The topological polar surface area (TPSA) is 82.8 Å². The van der Waals surface area contributed by atoms with Gasteiger partial charge in [-0.05, 0) is 53.8 Å². The Morgan fingerprint density at radius 3 is 2.45 bits per heavy atom. The SMILES string of the molecule is CC(C)(c1ccc(OCc2nc(C#N)co2)cc1)c1cc(Cl)c(CCCCl)c(C#N)c1. The van der Waals surface area contributed by atoms with Crippen molar-refractivity contribution in [2.75, 3.05) is 5.88 Å². The first-order valence-corrected chi connectivity index (χ1v) is 10.7. The number of oxazole rings is 1. The van der Waals surface area contributed by atoms with Crippen molar-refractivity contribution < 1.29 is 9.15 Å². The third-order valence-corrected chi connectivity index (χ3v) is 5.81. The minimum absolute atomic E-state index is 0.134. The maximum absolute atomic E-state index is 9.62. The fourth-order valence-electron chi connectivity index (χ4n) is 3.30. The Bertz CT molecular complexity index is 1140. The quantitative estimate of drug-likeness (QED) is 0.382. The standard InChI is InChI=1S/C24H21Cl2N3O2/c1-24(2,18-10-16(12-27)21(4-3-9-25)22(26)11-18)17-5-7-20(8-6-17)30-15-23-29-19(13-28)14-31-23/h5-8,10-11,14H,3-4,9,15H2,1-2H3. The number of hydrogen-bond donors (Lipinski definition) is 0. The largest absolute Gasteiger partial charge is 0.484 e. The molecule has 0 amide bonds. The summed E-state index contributed by atoms with van der Waals surface area (Å²) < 4.78 is 10.9. The van der Waals surface area contributed by atoms with Crippen LogP contribution in [0.25, 0.3) is 0 Å². The Labute approximate surface area is 191 Å². The summed E-state index contributed by atoms with van der Waals surface area (Å²) in [5, 5.41) is 19.0. The van der Waals surface area contributed by atoms with Crippen LogP contribution in [0.3, 0.4) is 0 Å². The van der Waals surface area contributed by atoms with Gasteiger partial charge in [-0.25, -0.2) is 0 Å². The van der Waals surface area contributed by atoms with Crippen LogP contribution in [0.4, 0.5) is 0 Å². The van der Waals surface area contributed by atoms with Crippen LogP contribution < -0.4 is 4.74 Å². The van der Waals surface area contributed by atoms with E-state index in [1.807, 2.05) is 42.5 Å². The zero-order valence-corrected chi connectivity index (χ0v) is 18.8. The van der Waals surface area contributed by atoms with Gasteiger partial charge in [0, 0.05) is 16.3 Å². The van der Waals surface area contributed by atoms with E-state index in [9.17, 15) is 5.26 Å². The predicted octanol–water partition coefficient (Wildman–Crippen LogP) is 6.15. The summed E-state index contributed by atoms with van der Waals surface area (Å²) in [6, 6.07) is 15.7. The van der Waals surface area contributed by atoms with Crippen LogP contribution in [0.15, 0.2) is 47.1 Å². The summed E-state index contributed by atoms with van der Waals surface area (Å²) in [5.41, 5.74) is 3.29. The fraction of sp³-hybridized carbons (Fsp3) is 0.292. The molecule has 0 unspecified atom stereocenters. The summed E-state index contributed by atoms with van der Waals surface area (Å²) in [6.45, 7) is 4.31. The van der Waals surface area contributed by atoms with Crippen LogP contribution in [-0.4, -0.2) is 10.9 Å². The van der Waals surface area contributed by atoms with Gasteiger partial charge < -0.3 is 9.15 Å². The van der Waals surface area contributed by atoms with Crippen LogP contribution in [0.5, 0.6) is 5.75 Å². The molecule has 7 heteroatoms. The highest BCUT2D eigenvalue weighted by Crippen LogP contribution is 2.36. The molecule has 1 aromatic heterocycles. The van der Waals surface area contributed by atoms with Crippen molar-refractivity contribution in [2.45, 2.75) is 38.7 Å². The molecule has 2 aromatic carbocycles. The van der Waals surface area contributed by atoms with Gasteiger partial charge in [0.05, 0.1) is 11.6 Å². The second kappa shape index (κ2) is 9.88. The first-order chi connectivity index (χ1) is 14.9. The lowest BCUT2D eigenvalue weighted by Gasteiger charge is -2.27. The molecule has 1 heterocycles. The molecule has 0 bridgehead atoms. The molecule has 0 fully saturated rings. The third-order valence-electron chi connectivity index (χ3n) is 5.20. The molecule has 0 saturated heterocycles. The van der Waals surface area contributed by atoms with Crippen molar-refractivity contribution in [3.05, 3.63) is 81.5 Å². The van der Waals surface area contributed by atoms with Gasteiger partial charge >= 0.3 is 0 Å². The summed E-state index contributed by atoms with van der Waals surface area (Å²) in [5.74, 6) is 1.52. The summed E-state index contributed by atoms with van der Waals surface area (Å²) in [4.78, 5) is 3.99. The van der Waals surface area contributed by atoms with E-state index in [4.69, 9.17) is 37.6 Å². The number of nitrogens with zero attached hydrogens (tertiary/aromatic N) is 3. The van der Waals surface area contributed by atoms with Crippen LogP contribution >= 0.6 is 23.2 Å². The van der Waals surface area contributed by atoms with Crippen molar-refractivity contribution in [2.24, 2.45) is 0 Å². The van der Waals surface area contributed by atoms with Gasteiger partial charge in [0.15, 0.2) is 12.3 Å². The molecule has 0 aliphatic carbocycles. The summed E-state index contributed by atoms with van der Waals surface area (Å²) in [6.07, 6.45) is 2.75. The van der Waals surface area contributed by atoms with Crippen LogP contribution in [-0.2, 0) is 18.4 Å². The van der Waals surface area contributed by atoms with E-state index >= 15 is 0 Å². The van der Waals surface area contributed by atoms with Gasteiger partial charge in [-0.3, -0.25) is 0 Å². The van der Waals surface area contributed by atoms with Crippen molar-refractivity contribution in [1.82, 2.24) is 4.98 Å². The molecular weight excluding hydrogens is 433 g/mol. The molecule has 0 N–H and O–H groups in total. The van der Waals surface area contributed by atoms with E-state index in [1.54, 1.807) is 0 Å². The Balaban J connectivity index is 1.79. The normalized spacial score (nSPS) is 11.0. The van der Waals surface area contributed by atoms with Gasteiger partial charge in [-0.1, -0.05) is 37.6 Å². The molecule has 31 heavy (non-hydrogen) atoms. The molecule has 3 rings (SSSR count). The number of benzene rings is 2. The molecule has 0 aliphatic heterocycles. The van der Waals surface area contributed by atoms with E-state index in [0.717, 1.165) is 23.1 Å². The lowest BCUT2D eigenvalue weighted by molar-refractivity contribution is 0.263. The number of aromatic nitrogens is 1. The van der Waals surface area contributed by atoms with Crippen LogP contribution in [0.2, 0.25) is 5.02 Å². The number of ether oxygens (including phenoxy) is 1. The summed E-state index contributed by atoms with van der Waals surface area (Å²) >= 11 is 12.3. The van der Waals surface area contributed by atoms with E-state index in [1.165, 1.54) is 6.26 Å². The van der Waals surface area contributed by atoms with E-state index in [2.05, 4.69) is 24.9 Å². The first kappa shape index (κ1) is 22.7. The van der Waals surface area contributed by atoms with Gasteiger partial charge in [-0.2, -0.15) is 15.5 Å². The maximum atomic E-state index is 9.62. The fourth-order valence-corrected chi connectivity index (χ4v) is 3.75. The highest BCUT2D eigenvalue weighted by molar-refractivity contribution is 6.31. The second-order valence-electron chi connectivity index (χ2n) is 7.56. The molecule has 3 aromatic rings. The zero-order chi connectivity index (χ0) is 22.4. The molecule has 158 valence electrons. The van der Waals surface area contributed by atoms with Gasteiger partial charge in [0.1, 0.15) is 18.1 Å².